The maximum atomic E-state index is 13.1. The van der Waals surface area contributed by atoms with E-state index in [1.807, 2.05) is 22.9 Å². The number of fused-ring (bicyclic) bond motifs is 1. The molecule has 1 aliphatic carbocycles. The number of ketones is 1. The van der Waals surface area contributed by atoms with E-state index in [4.69, 9.17) is 0 Å². The average Bonchev–Trinajstić information content (AvgIpc) is 3.14. The molecule has 0 radical (unpaired) electrons. The minimum atomic E-state index is -0.234. The molecule has 3 aromatic rings. The van der Waals surface area contributed by atoms with Crippen molar-refractivity contribution in [2.75, 3.05) is 5.32 Å². The molecule has 2 heterocycles. The van der Waals surface area contributed by atoms with Crippen molar-refractivity contribution in [1.29, 1.82) is 0 Å². The molecule has 0 saturated carbocycles. The Hall–Kier alpha value is -3.21. The summed E-state index contributed by atoms with van der Waals surface area (Å²) in [7, 11) is 0. The Balaban J connectivity index is 1.60. The lowest BCUT2D eigenvalue weighted by Crippen LogP contribution is -2.36. The molecular weight excluding hydrogens is 348 g/mol. The van der Waals surface area contributed by atoms with Crippen molar-refractivity contribution in [3.63, 3.8) is 0 Å². The quantitative estimate of drug-likeness (QED) is 0.716. The van der Waals surface area contributed by atoms with E-state index in [1.54, 1.807) is 6.33 Å². The van der Waals surface area contributed by atoms with Crippen LogP contribution in [0.25, 0.3) is 11.1 Å². The van der Waals surface area contributed by atoms with E-state index >= 15 is 0 Å². The Kier molecular flexibility index (Phi) is 3.72. The third-order valence-electron chi connectivity index (χ3n) is 5.61. The van der Waals surface area contributed by atoms with Gasteiger partial charge in [0, 0.05) is 17.7 Å². The van der Waals surface area contributed by atoms with E-state index in [1.165, 1.54) is 5.56 Å². The van der Waals surface area contributed by atoms with Gasteiger partial charge >= 0.3 is 0 Å². The first kappa shape index (κ1) is 16.9. The molecule has 1 aliphatic heterocycles. The number of aromatic nitrogens is 3. The van der Waals surface area contributed by atoms with Crippen LogP contribution in [-0.4, -0.2) is 20.5 Å². The summed E-state index contributed by atoms with van der Waals surface area (Å²) in [5.74, 6) is 0.887. The van der Waals surface area contributed by atoms with E-state index in [0.29, 0.717) is 12.4 Å². The van der Waals surface area contributed by atoms with Gasteiger partial charge < -0.3 is 5.32 Å². The van der Waals surface area contributed by atoms with E-state index in [2.05, 4.69) is 65.6 Å². The number of anilines is 1. The predicted molar refractivity (Wildman–Crippen MR) is 109 cm³/mol. The van der Waals surface area contributed by atoms with Crippen LogP contribution in [0, 0.1) is 5.41 Å². The smallest absolute Gasteiger partial charge is 0.226 e. The minimum absolute atomic E-state index is 0.0488. The first-order valence-electron chi connectivity index (χ1n) is 9.60. The lowest BCUT2D eigenvalue weighted by Gasteiger charge is -2.38. The first-order valence-corrected chi connectivity index (χ1v) is 9.60. The number of allylic oxidation sites excluding steroid dienone is 2. The maximum absolute atomic E-state index is 13.1. The van der Waals surface area contributed by atoms with Gasteiger partial charge in [-0.15, -0.1) is 0 Å². The molecule has 2 aromatic carbocycles. The highest BCUT2D eigenvalue weighted by atomic mass is 16.1. The number of nitrogens with one attached hydrogen (secondary N) is 1. The summed E-state index contributed by atoms with van der Waals surface area (Å²) in [6, 6.07) is 18.5. The molecule has 0 fully saturated rings. The largest absolute Gasteiger partial charge is 0.328 e. The SMILES string of the molecule is CC1(C)CC(=O)C2=C(C1)Nc1ncnn1C2c1ccc(-c2ccccc2)cc1. The summed E-state index contributed by atoms with van der Waals surface area (Å²) in [6.45, 7) is 4.28. The van der Waals surface area contributed by atoms with Crippen LogP contribution in [0.2, 0.25) is 0 Å². The molecule has 5 rings (SSSR count). The van der Waals surface area contributed by atoms with Crippen molar-refractivity contribution in [2.24, 2.45) is 5.41 Å². The second-order valence-corrected chi connectivity index (χ2v) is 8.38. The number of carbonyl (C=O) groups is 1. The van der Waals surface area contributed by atoms with Crippen LogP contribution in [0.4, 0.5) is 5.95 Å². The summed E-state index contributed by atoms with van der Waals surface area (Å²) in [5.41, 5.74) is 5.14. The Morgan fingerprint density at radius 2 is 1.71 bits per heavy atom. The molecule has 0 spiro atoms. The van der Waals surface area contributed by atoms with Gasteiger partial charge in [0.2, 0.25) is 5.95 Å². The monoisotopic (exact) mass is 370 g/mol. The van der Waals surface area contributed by atoms with Crippen LogP contribution >= 0.6 is 0 Å². The van der Waals surface area contributed by atoms with Crippen molar-refractivity contribution < 1.29 is 4.79 Å². The van der Waals surface area contributed by atoms with Gasteiger partial charge in [-0.25, -0.2) is 4.68 Å². The highest BCUT2D eigenvalue weighted by Gasteiger charge is 2.41. The molecule has 0 saturated heterocycles. The fourth-order valence-electron chi connectivity index (χ4n) is 4.35. The zero-order valence-corrected chi connectivity index (χ0v) is 16.0. The van der Waals surface area contributed by atoms with Gasteiger partial charge in [-0.05, 0) is 28.5 Å². The van der Waals surface area contributed by atoms with Crippen LogP contribution in [0.5, 0.6) is 0 Å². The molecule has 0 bridgehead atoms. The van der Waals surface area contributed by atoms with Crippen LogP contribution in [-0.2, 0) is 4.79 Å². The van der Waals surface area contributed by atoms with Crippen molar-refractivity contribution in [2.45, 2.75) is 32.7 Å². The second kappa shape index (κ2) is 6.16. The lowest BCUT2D eigenvalue weighted by molar-refractivity contribution is -0.118. The normalized spacial score (nSPS) is 20.4. The van der Waals surface area contributed by atoms with Gasteiger partial charge in [-0.1, -0.05) is 68.4 Å². The standard InChI is InChI=1S/C23H22N4O/c1-23(2)12-18-20(19(28)13-23)21(27-22(26-18)24-14-25-27)17-10-8-16(9-11-17)15-6-4-3-5-7-15/h3-11,14,21H,12-13H2,1-2H3,(H,24,25,26). The number of hydrogen-bond acceptors (Lipinski definition) is 4. The van der Waals surface area contributed by atoms with E-state index in [-0.39, 0.29) is 17.2 Å². The topological polar surface area (TPSA) is 59.8 Å². The van der Waals surface area contributed by atoms with E-state index in [9.17, 15) is 4.79 Å². The van der Waals surface area contributed by atoms with Gasteiger partial charge in [0.25, 0.3) is 0 Å². The molecule has 0 amide bonds. The van der Waals surface area contributed by atoms with Crippen molar-refractivity contribution in [3.8, 4) is 11.1 Å². The van der Waals surface area contributed by atoms with Gasteiger partial charge in [-0.3, -0.25) is 4.79 Å². The molecule has 140 valence electrons. The van der Waals surface area contributed by atoms with Gasteiger partial charge in [0.05, 0.1) is 0 Å². The molecule has 1 N–H and O–H groups in total. The van der Waals surface area contributed by atoms with Crippen molar-refractivity contribution in [3.05, 3.63) is 77.8 Å². The summed E-state index contributed by atoms with van der Waals surface area (Å²) < 4.78 is 1.83. The van der Waals surface area contributed by atoms with Crippen LogP contribution < -0.4 is 5.32 Å². The van der Waals surface area contributed by atoms with Gasteiger partial charge in [0.15, 0.2) is 5.78 Å². The van der Waals surface area contributed by atoms with Crippen LogP contribution in [0.15, 0.2) is 72.2 Å². The Morgan fingerprint density at radius 1 is 1.00 bits per heavy atom. The molecule has 1 unspecified atom stereocenters. The number of carbonyl (C=O) groups excluding carboxylic acids is 1. The number of rotatable bonds is 2. The molecule has 28 heavy (non-hydrogen) atoms. The number of benzene rings is 2. The lowest BCUT2D eigenvalue weighted by atomic mass is 9.73. The maximum Gasteiger partial charge on any atom is 0.226 e. The van der Waals surface area contributed by atoms with Gasteiger partial charge in [0.1, 0.15) is 12.4 Å². The molecule has 5 heteroatoms. The average molecular weight is 370 g/mol. The minimum Gasteiger partial charge on any atom is -0.328 e. The molecule has 1 atom stereocenters. The fourth-order valence-corrected chi connectivity index (χ4v) is 4.35. The van der Waals surface area contributed by atoms with Crippen LogP contribution in [0.1, 0.15) is 38.3 Å². The summed E-state index contributed by atoms with van der Waals surface area (Å²) in [6.07, 6.45) is 2.93. The number of Topliss-reactive ketones (excluding diaryl/α,β-unsaturated/α-hetero) is 1. The Morgan fingerprint density at radius 3 is 2.46 bits per heavy atom. The second-order valence-electron chi connectivity index (χ2n) is 8.38. The zero-order chi connectivity index (χ0) is 19.3. The summed E-state index contributed by atoms with van der Waals surface area (Å²) >= 11 is 0. The molecule has 5 nitrogen and oxygen atoms in total. The molecule has 1 aromatic heterocycles. The highest BCUT2D eigenvalue weighted by Crippen LogP contribution is 2.45. The number of hydrogen-bond donors (Lipinski definition) is 1. The third-order valence-corrected chi connectivity index (χ3v) is 5.61. The molecule has 2 aliphatic rings. The highest BCUT2D eigenvalue weighted by molar-refractivity contribution is 6.00. The molecular formula is C23H22N4O. The predicted octanol–water partition coefficient (Wildman–Crippen LogP) is 4.60. The van der Waals surface area contributed by atoms with Gasteiger partial charge in [-0.2, -0.15) is 10.1 Å². The first-order chi connectivity index (χ1) is 13.5. The van der Waals surface area contributed by atoms with Crippen molar-refractivity contribution in [1.82, 2.24) is 14.8 Å². The Labute approximate surface area is 164 Å². The van der Waals surface area contributed by atoms with Crippen LogP contribution in [0.3, 0.4) is 0 Å². The van der Waals surface area contributed by atoms with Crippen molar-refractivity contribution >= 4 is 11.7 Å². The van der Waals surface area contributed by atoms with E-state index < -0.39 is 0 Å². The zero-order valence-electron chi connectivity index (χ0n) is 16.0. The Bertz CT molecular complexity index is 1080. The third kappa shape index (κ3) is 2.74. The summed E-state index contributed by atoms with van der Waals surface area (Å²) in [5, 5.41) is 7.76. The number of nitrogens with zero attached hydrogens (tertiary/aromatic N) is 3. The fraction of sp³-hybridized carbons (Fsp3) is 0.261. The van der Waals surface area contributed by atoms with E-state index in [0.717, 1.165) is 28.8 Å². The summed E-state index contributed by atoms with van der Waals surface area (Å²) in [4.78, 5) is 17.4.